The average Bonchev–Trinajstić information content (AvgIpc) is 3.41. The second-order valence-electron chi connectivity index (χ2n) is 10.7. The molecule has 1 aliphatic carbocycles. The summed E-state index contributed by atoms with van der Waals surface area (Å²) in [6.45, 7) is 9.13. The number of fused-ring (bicyclic) bond motifs is 1. The standard InChI is InChI=1S/C33H37N5O2S/c1-6-18-37(4)32(39)23-14-16-25(17-15-23)35-31-33(40)38(5)20-28(36-31)26-11-9-12-27(21(26)2)34-22(3)30-19-24-10-7-8-13-29(24)41-30/h9,11-12,14-17,19-20,34H,3,6-8,10,13,18H2,1-2,4-5H3,(H,35,36). The molecule has 4 aromatic rings. The van der Waals surface area contributed by atoms with Crippen molar-refractivity contribution in [1.82, 2.24) is 14.5 Å². The number of thiophene rings is 1. The highest BCUT2D eigenvalue weighted by atomic mass is 32.1. The van der Waals surface area contributed by atoms with E-state index in [2.05, 4.69) is 30.2 Å². The molecule has 0 radical (unpaired) electrons. The molecule has 8 heteroatoms. The van der Waals surface area contributed by atoms with Gasteiger partial charge in [0.2, 0.25) is 0 Å². The third-order valence-corrected chi connectivity index (χ3v) is 8.86. The fourth-order valence-electron chi connectivity index (χ4n) is 5.22. The van der Waals surface area contributed by atoms with Crippen LogP contribution in [0.5, 0.6) is 0 Å². The second-order valence-corrected chi connectivity index (χ2v) is 11.8. The lowest BCUT2D eigenvalue weighted by atomic mass is 9.99. The molecule has 0 unspecified atom stereocenters. The molecular formula is C33H37N5O2S. The zero-order chi connectivity index (χ0) is 29.1. The third-order valence-electron chi connectivity index (χ3n) is 7.56. The second kappa shape index (κ2) is 12.1. The number of carbonyl (C=O) groups excluding carboxylic acids is 1. The van der Waals surface area contributed by atoms with Crippen molar-refractivity contribution in [2.75, 3.05) is 24.2 Å². The summed E-state index contributed by atoms with van der Waals surface area (Å²) in [5.74, 6) is 0.193. The minimum absolute atomic E-state index is 0.0280. The van der Waals surface area contributed by atoms with Crippen molar-refractivity contribution in [1.29, 1.82) is 0 Å². The van der Waals surface area contributed by atoms with E-state index in [1.54, 1.807) is 49.5 Å². The van der Waals surface area contributed by atoms with Crippen LogP contribution in [0.3, 0.4) is 0 Å². The van der Waals surface area contributed by atoms with Gasteiger partial charge in [0.05, 0.1) is 10.6 Å². The minimum Gasteiger partial charge on any atom is -0.355 e. The Bertz CT molecular complexity index is 1630. The predicted molar refractivity (Wildman–Crippen MR) is 170 cm³/mol. The molecule has 2 aromatic carbocycles. The quantitative estimate of drug-likeness (QED) is 0.228. The number of nitrogens with zero attached hydrogens (tertiary/aromatic N) is 3. The molecule has 0 spiro atoms. The molecular weight excluding hydrogens is 530 g/mol. The molecule has 7 nitrogen and oxygen atoms in total. The van der Waals surface area contributed by atoms with Crippen LogP contribution in [0.1, 0.15) is 57.4 Å². The number of nitrogens with one attached hydrogen (secondary N) is 2. The van der Waals surface area contributed by atoms with Gasteiger partial charge in [-0.3, -0.25) is 9.59 Å². The Labute approximate surface area is 245 Å². The molecule has 0 fully saturated rings. The van der Waals surface area contributed by atoms with Crippen molar-refractivity contribution in [3.8, 4) is 11.3 Å². The summed E-state index contributed by atoms with van der Waals surface area (Å²) in [5, 5.41) is 6.69. The highest BCUT2D eigenvalue weighted by molar-refractivity contribution is 7.13. The van der Waals surface area contributed by atoms with Gasteiger partial charge in [-0.2, -0.15) is 0 Å². The molecule has 0 bridgehead atoms. The first kappa shape index (κ1) is 28.4. The van der Waals surface area contributed by atoms with E-state index in [9.17, 15) is 9.59 Å². The Morgan fingerprint density at radius 3 is 2.63 bits per heavy atom. The summed E-state index contributed by atoms with van der Waals surface area (Å²) in [4.78, 5) is 34.7. The van der Waals surface area contributed by atoms with Gasteiger partial charge < -0.3 is 20.1 Å². The van der Waals surface area contributed by atoms with Crippen LogP contribution in [-0.2, 0) is 19.9 Å². The van der Waals surface area contributed by atoms with Crippen molar-refractivity contribution in [2.45, 2.75) is 46.0 Å². The molecule has 0 aliphatic heterocycles. The first-order chi connectivity index (χ1) is 19.7. The summed E-state index contributed by atoms with van der Waals surface area (Å²) in [5.41, 5.74) is 6.98. The number of benzene rings is 2. The highest BCUT2D eigenvalue weighted by Crippen LogP contribution is 2.35. The monoisotopic (exact) mass is 567 g/mol. The Balaban J connectivity index is 1.38. The topological polar surface area (TPSA) is 79.3 Å². The molecule has 212 valence electrons. The zero-order valence-electron chi connectivity index (χ0n) is 24.2. The van der Waals surface area contributed by atoms with E-state index in [1.807, 2.05) is 36.5 Å². The predicted octanol–water partition coefficient (Wildman–Crippen LogP) is 7.00. The van der Waals surface area contributed by atoms with Crippen molar-refractivity contribution >= 4 is 40.1 Å². The summed E-state index contributed by atoms with van der Waals surface area (Å²) >= 11 is 1.84. The Kier molecular flexibility index (Phi) is 8.40. The minimum atomic E-state index is -0.237. The normalized spacial score (nSPS) is 12.5. The van der Waals surface area contributed by atoms with Gasteiger partial charge in [0, 0.05) is 59.9 Å². The molecule has 0 saturated carbocycles. The van der Waals surface area contributed by atoms with Crippen LogP contribution in [0.15, 0.2) is 66.1 Å². The van der Waals surface area contributed by atoms with Crippen LogP contribution in [0.2, 0.25) is 0 Å². The van der Waals surface area contributed by atoms with Gasteiger partial charge >= 0.3 is 0 Å². The van der Waals surface area contributed by atoms with E-state index >= 15 is 0 Å². The molecule has 2 aromatic heterocycles. The maximum Gasteiger partial charge on any atom is 0.293 e. The van der Waals surface area contributed by atoms with Gasteiger partial charge in [0.1, 0.15) is 0 Å². The largest absolute Gasteiger partial charge is 0.355 e. The Morgan fingerprint density at radius 1 is 1.15 bits per heavy atom. The van der Waals surface area contributed by atoms with E-state index in [1.165, 1.54) is 32.7 Å². The lowest BCUT2D eigenvalue weighted by molar-refractivity contribution is 0.0795. The van der Waals surface area contributed by atoms with E-state index in [4.69, 9.17) is 4.98 Å². The Morgan fingerprint density at radius 2 is 1.90 bits per heavy atom. The molecule has 2 heterocycles. The van der Waals surface area contributed by atoms with Crippen molar-refractivity contribution in [3.05, 3.63) is 98.1 Å². The molecule has 1 amide bonds. The summed E-state index contributed by atoms with van der Waals surface area (Å²) in [6.07, 6.45) is 7.49. The van der Waals surface area contributed by atoms with Crippen molar-refractivity contribution < 1.29 is 4.79 Å². The van der Waals surface area contributed by atoms with Crippen molar-refractivity contribution in [2.24, 2.45) is 7.05 Å². The summed E-state index contributed by atoms with van der Waals surface area (Å²) in [6, 6.07) is 15.4. The van der Waals surface area contributed by atoms with Gasteiger partial charge in [-0.05, 0) is 86.6 Å². The number of hydrogen-bond acceptors (Lipinski definition) is 6. The number of aryl methyl sites for hydroxylation is 3. The highest BCUT2D eigenvalue weighted by Gasteiger charge is 2.17. The van der Waals surface area contributed by atoms with Crippen LogP contribution in [0.25, 0.3) is 17.0 Å². The van der Waals surface area contributed by atoms with E-state index in [-0.39, 0.29) is 17.3 Å². The van der Waals surface area contributed by atoms with E-state index < -0.39 is 0 Å². The van der Waals surface area contributed by atoms with Crippen LogP contribution in [-0.4, -0.2) is 34.0 Å². The molecule has 5 rings (SSSR count). The van der Waals surface area contributed by atoms with Gasteiger partial charge in [-0.1, -0.05) is 25.6 Å². The smallest absolute Gasteiger partial charge is 0.293 e. The lowest BCUT2D eigenvalue weighted by Gasteiger charge is -2.17. The first-order valence-corrected chi connectivity index (χ1v) is 14.9. The molecule has 1 aliphatic rings. The van der Waals surface area contributed by atoms with E-state index in [0.717, 1.165) is 41.8 Å². The summed E-state index contributed by atoms with van der Waals surface area (Å²) < 4.78 is 1.54. The molecule has 0 saturated heterocycles. The fraction of sp³-hybridized carbons (Fsp3) is 0.303. The zero-order valence-corrected chi connectivity index (χ0v) is 25.0. The lowest BCUT2D eigenvalue weighted by Crippen LogP contribution is -2.27. The number of rotatable bonds is 9. The molecule has 0 atom stereocenters. The van der Waals surface area contributed by atoms with Gasteiger partial charge in [-0.25, -0.2) is 4.98 Å². The fourth-order valence-corrected chi connectivity index (χ4v) is 6.40. The van der Waals surface area contributed by atoms with Crippen LogP contribution >= 0.6 is 11.3 Å². The van der Waals surface area contributed by atoms with Crippen LogP contribution in [0.4, 0.5) is 17.2 Å². The third kappa shape index (κ3) is 6.12. The Hall–Kier alpha value is -4.17. The van der Waals surface area contributed by atoms with Gasteiger partial charge in [0.25, 0.3) is 11.5 Å². The van der Waals surface area contributed by atoms with Crippen LogP contribution < -0.4 is 16.2 Å². The molecule has 41 heavy (non-hydrogen) atoms. The maximum atomic E-state index is 13.0. The average molecular weight is 568 g/mol. The van der Waals surface area contributed by atoms with Gasteiger partial charge in [0.15, 0.2) is 5.82 Å². The van der Waals surface area contributed by atoms with E-state index in [0.29, 0.717) is 23.5 Å². The molecule has 2 N–H and O–H groups in total. The first-order valence-electron chi connectivity index (χ1n) is 14.1. The number of amides is 1. The maximum absolute atomic E-state index is 13.0. The van der Waals surface area contributed by atoms with Crippen LogP contribution in [0, 0.1) is 6.92 Å². The summed E-state index contributed by atoms with van der Waals surface area (Å²) in [7, 11) is 3.52. The SMILES string of the molecule is C=C(Nc1cccc(-c2cn(C)c(=O)c(Nc3ccc(C(=O)N(C)CCC)cc3)n2)c1C)c1cc2c(s1)CCCC2. The number of carbonyl (C=O) groups is 1. The van der Waals surface area contributed by atoms with Crippen molar-refractivity contribution in [3.63, 3.8) is 0 Å². The van der Waals surface area contributed by atoms with Gasteiger partial charge in [-0.15, -0.1) is 11.3 Å². The number of aromatic nitrogens is 2. The number of hydrogen-bond donors (Lipinski definition) is 2. The number of anilines is 3.